The summed E-state index contributed by atoms with van der Waals surface area (Å²) >= 11 is 1.32. The molecule has 0 saturated heterocycles. The van der Waals surface area contributed by atoms with Gasteiger partial charge >= 0.3 is 5.97 Å². The van der Waals surface area contributed by atoms with Crippen LogP contribution < -0.4 is 5.84 Å². The number of halogens is 1. The maximum absolute atomic E-state index is 13.1. The van der Waals surface area contributed by atoms with Crippen LogP contribution in [0.4, 0.5) is 4.39 Å². The van der Waals surface area contributed by atoms with Crippen molar-refractivity contribution in [2.75, 3.05) is 0 Å². The smallest absolute Gasteiger partial charge is 0.335 e. The zero-order valence-electron chi connectivity index (χ0n) is 14.5. The Labute approximate surface area is 164 Å². The lowest BCUT2D eigenvalue weighted by Gasteiger charge is -2.10. The minimum atomic E-state index is -1.06. The zero-order valence-corrected chi connectivity index (χ0v) is 15.3. The van der Waals surface area contributed by atoms with Gasteiger partial charge in [0.05, 0.1) is 5.56 Å². The van der Waals surface area contributed by atoms with E-state index in [1.165, 1.54) is 48.2 Å². The first kappa shape index (κ1) is 19.3. The van der Waals surface area contributed by atoms with E-state index in [9.17, 15) is 14.0 Å². The predicted molar refractivity (Wildman–Crippen MR) is 105 cm³/mol. The van der Waals surface area contributed by atoms with E-state index in [0.717, 1.165) is 4.90 Å². The average molecular weight is 394 g/mol. The minimum Gasteiger partial charge on any atom is -0.478 e. The first-order chi connectivity index (χ1) is 13.5. The Bertz CT molecular complexity index is 1050. The molecular formula is C21H15FN2O3S. The van der Waals surface area contributed by atoms with Gasteiger partial charge in [-0.3, -0.25) is 4.79 Å². The third-order valence-corrected chi connectivity index (χ3v) is 5.01. The van der Waals surface area contributed by atoms with Crippen LogP contribution >= 0.6 is 11.8 Å². The number of rotatable bonds is 6. The number of hydrazone groups is 1. The summed E-state index contributed by atoms with van der Waals surface area (Å²) in [5, 5.41) is 12.6. The Morgan fingerprint density at radius 3 is 2.11 bits per heavy atom. The summed E-state index contributed by atoms with van der Waals surface area (Å²) in [5.74, 6) is 3.67. The Morgan fingerprint density at radius 2 is 1.50 bits per heavy atom. The van der Waals surface area contributed by atoms with Crippen molar-refractivity contribution in [2.45, 2.75) is 9.79 Å². The zero-order chi connectivity index (χ0) is 20.1. The van der Waals surface area contributed by atoms with Gasteiger partial charge in [-0.1, -0.05) is 36.0 Å². The van der Waals surface area contributed by atoms with Crippen LogP contribution in [0.5, 0.6) is 0 Å². The summed E-state index contributed by atoms with van der Waals surface area (Å²) in [4.78, 5) is 25.5. The van der Waals surface area contributed by atoms with E-state index < -0.39 is 11.8 Å². The topological polar surface area (TPSA) is 92.8 Å². The van der Waals surface area contributed by atoms with E-state index in [0.29, 0.717) is 16.0 Å². The molecule has 0 aliphatic carbocycles. The number of nitrogens with zero attached hydrogens (tertiary/aromatic N) is 1. The standard InChI is InChI=1S/C21H15FN2O3S/c22-15-9-11-16(12-10-15)28-18-4-2-1-3-17(18)20(25)19(24-23)13-5-7-14(8-6-13)21(26)27/h1-12H,23H2,(H,26,27). The molecule has 0 saturated carbocycles. The molecule has 3 aromatic rings. The van der Waals surface area contributed by atoms with Crippen LogP contribution in [-0.4, -0.2) is 22.6 Å². The molecule has 5 nitrogen and oxygen atoms in total. The second-order valence-electron chi connectivity index (χ2n) is 5.74. The largest absolute Gasteiger partial charge is 0.478 e. The lowest BCUT2D eigenvalue weighted by molar-refractivity contribution is 0.0696. The normalized spacial score (nSPS) is 11.2. The van der Waals surface area contributed by atoms with Gasteiger partial charge in [0, 0.05) is 20.9 Å². The monoisotopic (exact) mass is 394 g/mol. The molecule has 3 aromatic carbocycles. The first-order valence-electron chi connectivity index (χ1n) is 8.18. The van der Waals surface area contributed by atoms with Crippen LogP contribution in [0.3, 0.4) is 0 Å². The first-order valence-corrected chi connectivity index (χ1v) is 9.00. The molecule has 140 valence electrons. The third-order valence-electron chi connectivity index (χ3n) is 3.92. The molecule has 0 radical (unpaired) electrons. The van der Waals surface area contributed by atoms with Crippen LogP contribution in [-0.2, 0) is 0 Å². The molecule has 3 N–H and O–H groups in total. The number of benzene rings is 3. The fourth-order valence-electron chi connectivity index (χ4n) is 2.54. The minimum absolute atomic E-state index is 0.0177. The Hall–Kier alpha value is -3.45. The van der Waals surface area contributed by atoms with E-state index in [-0.39, 0.29) is 17.1 Å². The highest BCUT2D eigenvalue weighted by atomic mass is 32.2. The average Bonchev–Trinajstić information content (AvgIpc) is 2.71. The van der Waals surface area contributed by atoms with E-state index in [1.54, 1.807) is 36.4 Å². The van der Waals surface area contributed by atoms with Crippen LogP contribution in [0.2, 0.25) is 0 Å². The lowest BCUT2D eigenvalue weighted by atomic mass is 9.99. The van der Waals surface area contributed by atoms with Crippen molar-refractivity contribution in [3.63, 3.8) is 0 Å². The number of carbonyl (C=O) groups is 2. The Balaban J connectivity index is 1.92. The molecule has 0 unspecified atom stereocenters. The number of Topliss-reactive ketones (excluding diaryl/α,β-unsaturated/α-hetero) is 1. The Morgan fingerprint density at radius 1 is 0.893 bits per heavy atom. The number of nitrogens with two attached hydrogens (primary N) is 1. The molecule has 0 aliphatic heterocycles. The molecule has 0 heterocycles. The third kappa shape index (κ3) is 4.27. The van der Waals surface area contributed by atoms with E-state index in [4.69, 9.17) is 10.9 Å². The van der Waals surface area contributed by atoms with Crippen molar-refractivity contribution >= 4 is 29.2 Å². The lowest BCUT2D eigenvalue weighted by Crippen LogP contribution is -2.18. The van der Waals surface area contributed by atoms with Crippen LogP contribution in [0, 0.1) is 5.82 Å². The number of ketones is 1. The number of hydrogen-bond acceptors (Lipinski definition) is 5. The van der Waals surface area contributed by atoms with Gasteiger partial charge in [-0.15, -0.1) is 0 Å². The summed E-state index contributed by atoms with van der Waals surface area (Å²) in [6.45, 7) is 0. The van der Waals surface area contributed by atoms with Crippen molar-refractivity contribution in [3.05, 3.63) is 95.3 Å². The molecule has 0 fully saturated rings. The summed E-state index contributed by atoms with van der Waals surface area (Å²) in [7, 11) is 0. The SMILES string of the molecule is NN=C(C(=O)c1ccccc1Sc1ccc(F)cc1)c1ccc(C(=O)O)cc1. The second-order valence-corrected chi connectivity index (χ2v) is 6.86. The fourth-order valence-corrected chi connectivity index (χ4v) is 3.48. The molecule has 3 rings (SSSR count). The van der Waals surface area contributed by atoms with Crippen LogP contribution in [0.1, 0.15) is 26.3 Å². The van der Waals surface area contributed by atoms with Gasteiger partial charge in [0.25, 0.3) is 0 Å². The number of carboxylic acid groups (broad SMARTS) is 1. The maximum atomic E-state index is 13.1. The van der Waals surface area contributed by atoms with Crippen molar-refractivity contribution in [2.24, 2.45) is 10.9 Å². The van der Waals surface area contributed by atoms with Gasteiger partial charge in [-0.05, 0) is 48.5 Å². The molecule has 7 heteroatoms. The number of aromatic carboxylic acids is 1. The quantitative estimate of drug-likeness (QED) is 0.283. The fraction of sp³-hybridized carbons (Fsp3) is 0. The van der Waals surface area contributed by atoms with Gasteiger partial charge in [0.1, 0.15) is 11.5 Å². The molecule has 28 heavy (non-hydrogen) atoms. The van der Waals surface area contributed by atoms with Crippen molar-refractivity contribution < 1.29 is 19.1 Å². The summed E-state index contributed by atoms with van der Waals surface area (Å²) in [6.07, 6.45) is 0. The second kappa shape index (κ2) is 8.49. The van der Waals surface area contributed by atoms with Gasteiger partial charge in [-0.2, -0.15) is 5.10 Å². The highest BCUT2D eigenvalue weighted by Crippen LogP contribution is 2.31. The molecule has 0 atom stereocenters. The van der Waals surface area contributed by atoms with Crippen molar-refractivity contribution in [3.8, 4) is 0 Å². The van der Waals surface area contributed by atoms with E-state index in [2.05, 4.69) is 5.10 Å². The molecule has 0 amide bonds. The van der Waals surface area contributed by atoms with Gasteiger partial charge in [0.2, 0.25) is 5.78 Å². The highest BCUT2D eigenvalue weighted by molar-refractivity contribution is 7.99. The van der Waals surface area contributed by atoms with Crippen LogP contribution in [0.15, 0.2) is 87.7 Å². The molecule has 0 bridgehead atoms. The predicted octanol–water partition coefficient (Wildman–Crippen LogP) is 4.22. The molecule has 0 aromatic heterocycles. The molecular weight excluding hydrogens is 379 g/mol. The molecule has 0 spiro atoms. The van der Waals surface area contributed by atoms with Crippen molar-refractivity contribution in [1.29, 1.82) is 0 Å². The Kier molecular flexibility index (Phi) is 5.86. The molecule has 0 aliphatic rings. The van der Waals surface area contributed by atoms with E-state index >= 15 is 0 Å². The summed E-state index contributed by atoms with van der Waals surface area (Å²) < 4.78 is 13.1. The van der Waals surface area contributed by atoms with E-state index in [1.807, 2.05) is 0 Å². The summed E-state index contributed by atoms with van der Waals surface area (Å²) in [5.41, 5.74) is 0.923. The van der Waals surface area contributed by atoms with Gasteiger partial charge in [-0.25, -0.2) is 9.18 Å². The number of hydrogen-bond donors (Lipinski definition) is 2. The number of carbonyl (C=O) groups excluding carboxylic acids is 1. The van der Waals surface area contributed by atoms with Crippen LogP contribution in [0.25, 0.3) is 0 Å². The van der Waals surface area contributed by atoms with Gasteiger partial charge in [0.15, 0.2) is 0 Å². The summed E-state index contributed by atoms with van der Waals surface area (Å²) in [6, 6.07) is 18.7. The highest BCUT2D eigenvalue weighted by Gasteiger charge is 2.20. The van der Waals surface area contributed by atoms with Crippen molar-refractivity contribution in [1.82, 2.24) is 0 Å². The van der Waals surface area contributed by atoms with Gasteiger partial charge < -0.3 is 10.9 Å². The number of carboxylic acids is 1. The maximum Gasteiger partial charge on any atom is 0.335 e.